The van der Waals surface area contributed by atoms with Crippen LogP contribution >= 0.6 is 0 Å². The second kappa shape index (κ2) is 5.88. The number of rotatable bonds is 3. The number of methoxy groups -OCH3 is 1. The zero-order valence-electron chi connectivity index (χ0n) is 10.8. The van der Waals surface area contributed by atoms with Crippen molar-refractivity contribution in [2.75, 3.05) is 12.4 Å². The van der Waals surface area contributed by atoms with E-state index in [0.29, 0.717) is 16.8 Å². The smallest absolute Gasteiger partial charge is 0.337 e. The highest BCUT2D eigenvalue weighted by atomic mass is 16.5. The van der Waals surface area contributed by atoms with Gasteiger partial charge in [-0.05, 0) is 42.5 Å². The van der Waals surface area contributed by atoms with Gasteiger partial charge in [-0.3, -0.25) is 4.79 Å². The number of nitrogens with one attached hydrogen (secondary N) is 1. The zero-order chi connectivity index (χ0) is 14.5. The molecule has 0 fully saturated rings. The maximum absolute atomic E-state index is 12.0. The van der Waals surface area contributed by atoms with Crippen LogP contribution in [-0.2, 0) is 4.74 Å². The summed E-state index contributed by atoms with van der Waals surface area (Å²) < 4.78 is 4.60. The predicted molar refractivity (Wildman–Crippen MR) is 73.8 cm³/mol. The maximum atomic E-state index is 12.0. The molecule has 0 aromatic heterocycles. The van der Waals surface area contributed by atoms with E-state index in [2.05, 4.69) is 10.1 Å². The van der Waals surface area contributed by atoms with Gasteiger partial charge in [-0.25, -0.2) is 4.79 Å². The SMILES string of the molecule is COC(=O)c1cccc(C(=O)Nc2ccc(O)cc2)c1. The van der Waals surface area contributed by atoms with Gasteiger partial charge in [0.1, 0.15) is 5.75 Å². The molecule has 0 radical (unpaired) electrons. The minimum Gasteiger partial charge on any atom is -0.508 e. The third kappa shape index (κ3) is 3.14. The summed E-state index contributed by atoms with van der Waals surface area (Å²) in [4.78, 5) is 23.4. The van der Waals surface area contributed by atoms with Crippen molar-refractivity contribution >= 4 is 17.6 Å². The van der Waals surface area contributed by atoms with Crippen LogP contribution < -0.4 is 5.32 Å². The summed E-state index contributed by atoms with van der Waals surface area (Å²) in [6.45, 7) is 0. The number of carbonyl (C=O) groups excluding carboxylic acids is 2. The molecule has 0 bridgehead atoms. The van der Waals surface area contributed by atoms with Gasteiger partial charge in [-0.15, -0.1) is 0 Å². The monoisotopic (exact) mass is 271 g/mol. The molecule has 102 valence electrons. The first kappa shape index (κ1) is 13.6. The lowest BCUT2D eigenvalue weighted by atomic mass is 10.1. The standard InChI is InChI=1S/C15H13NO4/c1-20-15(19)11-4-2-3-10(9-11)14(18)16-12-5-7-13(17)8-6-12/h2-9,17H,1H3,(H,16,18). The number of phenolic OH excluding ortho intramolecular Hbond substituents is 1. The van der Waals surface area contributed by atoms with Gasteiger partial charge in [0.2, 0.25) is 0 Å². The molecule has 0 aliphatic carbocycles. The van der Waals surface area contributed by atoms with Gasteiger partial charge in [0.15, 0.2) is 0 Å². The lowest BCUT2D eigenvalue weighted by Crippen LogP contribution is -2.13. The number of anilines is 1. The van der Waals surface area contributed by atoms with E-state index in [4.69, 9.17) is 5.11 Å². The molecule has 0 unspecified atom stereocenters. The highest BCUT2D eigenvalue weighted by Crippen LogP contribution is 2.15. The lowest BCUT2D eigenvalue weighted by molar-refractivity contribution is 0.0600. The summed E-state index contributed by atoms with van der Waals surface area (Å²) in [6.07, 6.45) is 0. The van der Waals surface area contributed by atoms with Crippen molar-refractivity contribution in [3.63, 3.8) is 0 Å². The quantitative estimate of drug-likeness (QED) is 0.664. The van der Waals surface area contributed by atoms with E-state index in [0.717, 1.165) is 0 Å². The molecule has 5 nitrogen and oxygen atoms in total. The Balaban J connectivity index is 2.17. The van der Waals surface area contributed by atoms with Gasteiger partial charge in [0.25, 0.3) is 5.91 Å². The van der Waals surface area contributed by atoms with Crippen LogP contribution in [0.25, 0.3) is 0 Å². The molecule has 1 amide bonds. The highest BCUT2D eigenvalue weighted by molar-refractivity contribution is 6.05. The van der Waals surface area contributed by atoms with E-state index in [-0.39, 0.29) is 11.7 Å². The molecule has 20 heavy (non-hydrogen) atoms. The molecule has 0 heterocycles. The van der Waals surface area contributed by atoms with Crippen LogP contribution in [0.1, 0.15) is 20.7 Å². The zero-order valence-corrected chi connectivity index (χ0v) is 10.8. The highest BCUT2D eigenvalue weighted by Gasteiger charge is 2.10. The Bertz CT molecular complexity index is 635. The van der Waals surface area contributed by atoms with Gasteiger partial charge in [-0.1, -0.05) is 6.07 Å². The molecule has 0 spiro atoms. The van der Waals surface area contributed by atoms with E-state index in [9.17, 15) is 9.59 Å². The summed E-state index contributed by atoms with van der Waals surface area (Å²) in [7, 11) is 1.28. The molecule has 0 atom stereocenters. The Morgan fingerprint density at radius 2 is 1.70 bits per heavy atom. The number of ether oxygens (including phenoxy) is 1. The van der Waals surface area contributed by atoms with E-state index >= 15 is 0 Å². The number of esters is 1. The van der Waals surface area contributed by atoms with Crippen LogP contribution in [0.15, 0.2) is 48.5 Å². The summed E-state index contributed by atoms with van der Waals surface area (Å²) >= 11 is 0. The van der Waals surface area contributed by atoms with E-state index in [1.54, 1.807) is 30.3 Å². The van der Waals surface area contributed by atoms with Gasteiger partial charge in [0.05, 0.1) is 12.7 Å². The molecule has 2 N–H and O–H groups in total. The van der Waals surface area contributed by atoms with Crippen LogP contribution in [0.5, 0.6) is 5.75 Å². The van der Waals surface area contributed by atoms with Crippen molar-refractivity contribution in [1.29, 1.82) is 0 Å². The molecule has 0 aliphatic rings. The average Bonchev–Trinajstić information content (AvgIpc) is 2.49. The number of carbonyl (C=O) groups is 2. The van der Waals surface area contributed by atoms with Gasteiger partial charge < -0.3 is 15.2 Å². The first-order valence-corrected chi connectivity index (χ1v) is 5.89. The minimum atomic E-state index is -0.496. The third-order valence-electron chi connectivity index (χ3n) is 2.67. The van der Waals surface area contributed by atoms with E-state index < -0.39 is 5.97 Å². The predicted octanol–water partition coefficient (Wildman–Crippen LogP) is 2.43. The molecular weight excluding hydrogens is 258 g/mol. The van der Waals surface area contributed by atoms with Crippen molar-refractivity contribution in [1.82, 2.24) is 0 Å². The fourth-order valence-corrected chi connectivity index (χ4v) is 1.65. The van der Waals surface area contributed by atoms with Crippen molar-refractivity contribution in [2.45, 2.75) is 0 Å². The van der Waals surface area contributed by atoms with Crippen LogP contribution in [0.4, 0.5) is 5.69 Å². The Hall–Kier alpha value is -2.82. The summed E-state index contributed by atoms with van der Waals surface area (Å²) in [5.74, 6) is -0.721. The van der Waals surface area contributed by atoms with E-state index in [1.807, 2.05) is 0 Å². The van der Waals surface area contributed by atoms with Gasteiger partial charge in [-0.2, -0.15) is 0 Å². The Labute approximate surface area is 115 Å². The fraction of sp³-hybridized carbons (Fsp3) is 0.0667. The first-order valence-electron chi connectivity index (χ1n) is 5.89. The molecule has 5 heteroatoms. The van der Waals surface area contributed by atoms with Crippen LogP contribution in [-0.4, -0.2) is 24.1 Å². The molecule has 2 aromatic rings. The number of hydrogen-bond acceptors (Lipinski definition) is 4. The number of phenols is 1. The third-order valence-corrected chi connectivity index (χ3v) is 2.67. The van der Waals surface area contributed by atoms with Crippen molar-refractivity contribution in [3.05, 3.63) is 59.7 Å². The summed E-state index contributed by atoms with van der Waals surface area (Å²) in [6, 6.07) is 12.3. The average molecular weight is 271 g/mol. The van der Waals surface area contributed by atoms with Crippen molar-refractivity contribution in [2.24, 2.45) is 0 Å². The topological polar surface area (TPSA) is 75.6 Å². The normalized spacial score (nSPS) is 9.85. The second-order valence-electron chi connectivity index (χ2n) is 4.07. The Morgan fingerprint density at radius 1 is 1.05 bits per heavy atom. The molecule has 0 saturated carbocycles. The molecule has 2 aromatic carbocycles. The fourth-order valence-electron chi connectivity index (χ4n) is 1.65. The van der Waals surface area contributed by atoms with E-state index in [1.165, 1.54) is 25.3 Å². The summed E-state index contributed by atoms with van der Waals surface area (Å²) in [5, 5.41) is 11.8. The van der Waals surface area contributed by atoms with Crippen LogP contribution in [0.3, 0.4) is 0 Å². The van der Waals surface area contributed by atoms with Crippen molar-refractivity contribution < 1.29 is 19.4 Å². The van der Waals surface area contributed by atoms with Crippen LogP contribution in [0, 0.1) is 0 Å². The molecule has 2 rings (SSSR count). The maximum Gasteiger partial charge on any atom is 0.337 e. The minimum absolute atomic E-state index is 0.121. The number of amides is 1. The molecule has 0 aliphatic heterocycles. The summed E-state index contributed by atoms with van der Waals surface area (Å²) in [5.41, 5.74) is 1.21. The largest absolute Gasteiger partial charge is 0.508 e. The Morgan fingerprint density at radius 3 is 2.35 bits per heavy atom. The van der Waals surface area contributed by atoms with Crippen LogP contribution in [0.2, 0.25) is 0 Å². The van der Waals surface area contributed by atoms with Gasteiger partial charge >= 0.3 is 5.97 Å². The molecular formula is C15H13NO4. The first-order chi connectivity index (χ1) is 9.60. The second-order valence-corrected chi connectivity index (χ2v) is 4.07. The van der Waals surface area contributed by atoms with Gasteiger partial charge in [0, 0.05) is 11.3 Å². The van der Waals surface area contributed by atoms with Crippen molar-refractivity contribution in [3.8, 4) is 5.75 Å². The Kier molecular flexibility index (Phi) is 4.00. The molecule has 0 saturated heterocycles. The number of hydrogen-bond donors (Lipinski definition) is 2. The number of benzene rings is 2. The number of aromatic hydroxyl groups is 1. The lowest BCUT2D eigenvalue weighted by Gasteiger charge is -2.06.